The number of hydrogen-bond donors (Lipinski definition) is 2. The van der Waals surface area contributed by atoms with Gasteiger partial charge in [0, 0.05) is 37.9 Å². The van der Waals surface area contributed by atoms with Crippen molar-refractivity contribution >= 4 is 11.7 Å². The van der Waals surface area contributed by atoms with Crippen molar-refractivity contribution in [3.8, 4) is 0 Å². The van der Waals surface area contributed by atoms with Crippen molar-refractivity contribution in [1.29, 1.82) is 0 Å². The van der Waals surface area contributed by atoms with Crippen LogP contribution in [0.4, 0.5) is 5.82 Å². The SMILES string of the molecule is CC(C)N1CCC(N2CCCN(C3C=CC=C(C(=O)Nc4ccccn4)N3)CC2)CC1. The summed E-state index contributed by atoms with van der Waals surface area (Å²) in [5.74, 6) is 0.414. The topological polar surface area (TPSA) is 63.7 Å². The molecule has 0 radical (unpaired) electrons. The van der Waals surface area contributed by atoms with Crippen LogP contribution in [-0.2, 0) is 4.79 Å². The molecule has 2 fully saturated rings. The van der Waals surface area contributed by atoms with Gasteiger partial charge in [-0.1, -0.05) is 12.1 Å². The van der Waals surface area contributed by atoms with Crippen LogP contribution in [0, 0.1) is 0 Å². The first-order valence-corrected chi connectivity index (χ1v) is 11.7. The molecule has 0 aromatic carbocycles. The van der Waals surface area contributed by atoms with E-state index in [0.29, 0.717) is 23.6 Å². The van der Waals surface area contributed by atoms with E-state index in [0.717, 1.165) is 26.1 Å². The molecule has 0 saturated carbocycles. The molecule has 4 rings (SSSR count). The minimum Gasteiger partial charge on any atom is -0.362 e. The predicted molar refractivity (Wildman–Crippen MR) is 125 cm³/mol. The summed E-state index contributed by atoms with van der Waals surface area (Å²) in [6, 6.07) is 6.86. The molecule has 7 heteroatoms. The molecule has 168 valence electrons. The van der Waals surface area contributed by atoms with Gasteiger partial charge in [-0.2, -0.15) is 0 Å². The molecule has 3 aliphatic heterocycles. The Bertz CT molecular complexity index is 785. The number of piperidine rings is 1. The van der Waals surface area contributed by atoms with Crippen LogP contribution in [-0.4, -0.2) is 83.1 Å². The molecule has 1 aromatic rings. The van der Waals surface area contributed by atoms with Crippen molar-refractivity contribution in [2.24, 2.45) is 0 Å². The van der Waals surface area contributed by atoms with E-state index in [1.807, 2.05) is 24.3 Å². The number of anilines is 1. The Morgan fingerprint density at radius 1 is 1.10 bits per heavy atom. The second-order valence-electron chi connectivity index (χ2n) is 9.01. The number of nitrogens with zero attached hydrogens (tertiary/aromatic N) is 4. The average molecular weight is 425 g/mol. The molecule has 1 amide bonds. The third-order valence-corrected chi connectivity index (χ3v) is 6.72. The van der Waals surface area contributed by atoms with Gasteiger partial charge >= 0.3 is 0 Å². The molecule has 3 aliphatic rings. The zero-order valence-corrected chi connectivity index (χ0v) is 18.8. The maximum atomic E-state index is 12.7. The third kappa shape index (κ3) is 5.73. The van der Waals surface area contributed by atoms with Crippen LogP contribution in [0.2, 0.25) is 0 Å². The molecule has 31 heavy (non-hydrogen) atoms. The summed E-state index contributed by atoms with van der Waals surface area (Å²) in [4.78, 5) is 24.6. The van der Waals surface area contributed by atoms with Crippen molar-refractivity contribution in [1.82, 2.24) is 25.0 Å². The van der Waals surface area contributed by atoms with E-state index in [1.54, 1.807) is 12.3 Å². The Labute approximate surface area is 186 Å². The predicted octanol–water partition coefficient (Wildman–Crippen LogP) is 2.27. The Kier molecular flexibility index (Phi) is 7.37. The highest BCUT2D eigenvalue weighted by atomic mass is 16.2. The number of nitrogens with one attached hydrogen (secondary N) is 2. The number of amides is 1. The largest absolute Gasteiger partial charge is 0.362 e. The molecule has 4 heterocycles. The zero-order chi connectivity index (χ0) is 21.6. The van der Waals surface area contributed by atoms with Crippen molar-refractivity contribution < 1.29 is 4.79 Å². The average Bonchev–Trinajstić information content (AvgIpc) is 3.06. The monoisotopic (exact) mass is 424 g/mol. The number of likely N-dealkylation sites (tertiary alicyclic amines) is 1. The molecule has 0 bridgehead atoms. The van der Waals surface area contributed by atoms with Gasteiger partial charge < -0.3 is 15.5 Å². The molecule has 1 unspecified atom stereocenters. The van der Waals surface area contributed by atoms with E-state index < -0.39 is 0 Å². The molecular formula is C24H36N6O. The first kappa shape index (κ1) is 22.0. The maximum absolute atomic E-state index is 12.7. The maximum Gasteiger partial charge on any atom is 0.272 e. The highest BCUT2D eigenvalue weighted by Crippen LogP contribution is 2.21. The van der Waals surface area contributed by atoms with E-state index >= 15 is 0 Å². The zero-order valence-electron chi connectivity index (χ0n) is 18.8. The number of pyridine rings is 1. The Morgan fingerprint density at radius 2 is 1.87 bits per heavy atom. The minimum absolute atomic E-state index is 0.0530. The van der Waals surface area contributed by atoms with Gasteiger partial charge in [0.15, 0.2) is 0 Å². The lowest BCUT2D eigenvalue weighted by Gasteiger charge is -2.39. The van der Waals surface area contributed by atoms with Crippen LogP contribution >= 0.6 is 0 Å². The molecule has 0 spiro atoms. The van der Waals surface area contributed by atoms with Gasteiger partial charge in [-0.15, -0.1) is 0 Å². The lowest BCUT2D eigenvalue weighted by Crippen LogP contribution is -2.50. The highest BCUT2D eigenvalue weighted by Gasteiger charge is 2.29. The third-order valence-electron chi connectivity index (χ3n) is 6.72. The van der Waals surface area contributed by atoms with Crippen LogP contribution in [0.3, 0.4) is 0 Å². The lowest BCUT2D eigenvalue weighted by atomic mass is 10.0. The standard InChI is InChI=1S/C24H36N6O/c1-19(2)28-15-10-20(11-16-28)29-13-6-14-30(18-17-29)23-9-5-7-21(26-23)24(31)27-22-8-3-4-12-25-22/h3-5,7-9,12,19-20,23,26H,6,10-11,13-18H2,1-2H3,(H,25,27,31). The van der Waals surface area contributed by atoms with E-state index in [9.17, 15) is 4.79 Å². The molecule has 1 aromatic heterocycles. The molecule has 2 saturated heterocycles. The van der Waals surface area contributed by atoms with Gasteiger partial charge in [0.25, 0.3) is 5.91 Å². The highest BCUT2D eigenvalue weighted by molar-refractivity contribution is 6.03. The fraction of sp³-hybridized carbons (Fsp3) is 0.583. The van der Waals surface area contributed by atoms with Crippen LogP contribution in [0.25, 0.3) is 0 Å². The molecule has 1 atom stereocenters. The summed E-state index contributed by atoms with van der Waals surface area (Å²) < 4.78 is 0. The summed E-state index contributed by atoms with van der Waals surface area (Å²) in [5, 5.41) is 6.28. The molecule has 0 aliphatic carbocycles. The number of dihydropyridines is 1. The molecular weight excluding hydrogens is 388 g/mol. The second-order valence-corrected chi connectivity index (χ2v) is 9.01. The minimum atomic E-state index is -0.151. The first-order chi connectivity index (χ1) is 15.1. The number of aromatic nitrogens is 1. The summed E-state index contributed by atoms with van der Waals surface area (Å²) >= 11 is 0. The quantitative estimate of drug-likeness (QED) is 0.756. The molecule has 2 N–H and O–H groups in total. The number of carbonyl (C=O) groups excluding carboxylic acids is 1. The van der Waals surface area contributed by atoms with Crippen LogP contribution in [0.1, 0.15) is 33.1 Å². The van der Waals surface area contributed by atoms with Crippen molar-refractivity contribution in [2.75, 3.05) is 44.6 Å². The van der Waals surface area contributed by atoms with Crippen molar-refractivity contribution in [3.63, 3.8) is 0 Å². The van der Waals surface area contributed by atoms with E-state index in [-0.39, 0.29) is 12.1 Å². The number of carbonyl (C=O) groups is 1. The van der Waals surface area contributed by atoms with Gasteiger partial charge in [-0.05, 0) is 77.0 Å². The van der Waals surface area contributed by atoms with Crippen molar-refractivity contribution in [3.05, 3.63) is 48.3 Å². The normalized spacial score (nSPS) is 24.5. The lowest BCUT2D eigenvalue weighted by molar-refractivity contribution is -0.113. The van der Waals surface area contributed by atoms with Crippen LogP contribution < -0.4 is 10.6 Å². The van der Waals surface area contributed by atoms with Gasteiger partial charge in [0.05, 0.1) is 6.17 Å². The number of rotatable bonds is 5. The number of allylic oxidation sites excluding steroid dienone is 2. The van der Waals surface area contributed by atoms with Crippen LogP contribution in [0.5, 0.6) is 0 Å². The van der Waals surface area contributed by atoms with Gasteiger partial charge in [-0.25, -0.2) is 4.98 Å². The van der Waals surface area contributed by atoms with Gasteiger partial charge in [0.1, 0.15) is 11.5 Å². The summed E-state index contributed by atoms with van der Waals surface area (Å²) in [7, 11) is 0. The fourth-order valence-electron chi connectivity index (χ4n) is 4.86. The molecule has 7 nitrogen and oxygen atoms in total. The van der Waals surface area contributed by atoms with E-state index in [1.165, 1.54) is 32.5 Å². The van der Waals surface area contributed by atoms with Crippen molar-refractivity contribution in [2.45, 2.75) is 51.4 Å². The van der Waals surface area contributed by atoms with Crippen LogP contribution in [0.15, 0.2) is 48.3 Å². The number of hydrogen-bond acceptors (Lipinski definition) is 6. The Morgan fingerprint density at radius 3 is 2.61 bits per heavy atom. The van der Waals surface area contributed by atoms with E-state index in [2.05, 4.69) is 50.2 Å². The Hall–Kier alpha value is -2.22. The second kappa shape index (κ2) is 10.4. The van der Waals surface area contributed by atoms with Gasteiger partial charge in [0.2, 0.25) is 0 Å². The summed E-state index contributed by atoms with van der Waals surface area (Å²) in [6.07, 6.45) is 11.4. The summed E-state index contributed by atoms with van der Waals surface area (Å²) in [5.41, 5.74) is 0.584. The fourth-order valence-corrected chi connectivity index (χ4v) is 4.86. The van der Waals surface area contributed by atoms with E-state index in [4.69, 9.17) is 0 Å². The first-order valence-electron chi connectivity index (χ1n) is 11.7. The Balaban J connectivity index is 1.28. The smallest absolute Gasteiger partial charge is 0.272 e. The van der Waals surface area contributed by atoms with Gasteiger partial charge in [-0.3, -0.25) is 14.6 Å². The summed E-state index contributed by atoms with van der Waals surface area (Å²) in [6.45, 7) is 11.4.